The van der Waals surface area contributed by atoms with E-state index in [0.29, 0.717) is 5.56 Å². The Labute approximate surface area is 164 Å². The zero-order chi connectivity index (χ0) is 21.9. The topological polar surface area (TPSA) is 116 Å². The van der Waals surface area contributed by atoms with Crippen molar-refractivity contribution in [1.82, 2.24) is 10.2 Å². The lowest BCUT2D eigenvalue weighted by atomic mass is 10.1. The molecule has 0 unspecified atom stereocenters. The first-order valence-corrected chi connectivity index (χ1v) is 7.94. The summed E-state index contributed by atoms with van der Waals surface area (Å²) in [6.07, 6.45) is -11.2. The first kappa shape index (κ1) is 20.8. The molecule has 2 N–H and O–H groups in total. The molecule has 1 aromatic heterocycles. The van der Waals surface area contributed by atoms with Gasteiger partial charge < -0.3 is 15.0 Å². The van der Waals surface area contributed by atoms with Crippen LogP contribution < -0.4 is 10.6 Å². The summed E-state index contributed by atoms with van der Waals surface area (Å²) in [7, 11) is 0. The van der Waals surface area contributed by atoms with Gasteiger partial charge in [-0.25, -0.2) is 0 Å². The van der Waals surface area contributed by atoms with Gasteiger partial charge in [-0.1, -0.05) is 10.3 Å². The minimum atomic E-state index is -5.85. The minimum absolute atomic E-state index is 0.0174. The Morgan fingerprint density at radius 3 is 1.87 bits per heavy atom. The molecular weight excluding hydrogens is 417 g/mol. The largest absolute Gasteiger partial charge is 0.499 e. The Bertz CT molecular complexity index is 1060. The number of hydrogen-bond acceptors (Lipinski definition) is 6. The Hall–Kier alpha value is -3.90. The third-order valence-electron chi connectivity index (χ3n) is 3.63. The summed E-state index contributed by atoms with van der Waals surface area (Å²) >= 11 is 0. The standard InChI is InChI=1S/C17H10F5N5O3/c18-16(19,20)17(21,22)30-12-7-5-11(6-8-12)15-26-25-14(29-15)10-3-1-9(2-4-10)13(28)24-27-23/h1-8H,(H2,23,24,28). The van der Waals surface area contributed by atoms with Crippen LogP contribution in [0.3, 0.4) is 0 Å². The van der Waals surface area contributed by atoms with Crippen LogP contribution in [-0.2, 0) is 0 Å². The maximum atomic E-state index is 12.9. The number of aromatic nitrogens is 2. The van der Waals surface area contributed by atoms with Crippen molar-refractivity contribution in [3.8, 4) is 28.7 Å². The van der Waals surface area contributed by atoms with Crippen LogP contribution in [0.2, 0.25) is 0 Å². The Kier molecular flexibility index (Phi) is 5.45. The lowest BCUT2D eigenvalue weighted by molar-refractivity contribution is -0.360. The predicted octanol–water partition coefficient (Wildman–Crippen LogP) is 4.40. The average Bonchev–Trinajstić information content (AvgIpc) is 3.18. The number of ether oxygens (including phenoxy) is 1. The molecule has 0 atom stereocenters. The van der Waals surface area contributed by atoms with E-state index >= 15 is 0 Å². The van der Waals surface area contributed by atoms with Crippen LogP contribution >= 0.6 is 0 Å². The fourth-order valence-electron chi connectivity index (χ4n) is 2.19. The van der Waals surface area contributed by atoms with Crippen LogP contribution in [0.5, 0.6) is 5.75 Å². The molecule has 30 heavy (non-hydrogen) atoms. The molecular formula is C17H10F5N5O3. The van der Waals surface area contributed by atoms with Gasteiger partial charge in [0.05, 0.1) is 0 Å². The van der Waals surface area contributed by atoms with Crippen molar-refractivity contribution in [1.29, 1.82) is 0 Å². The summed E-state index contributed by atoms with van der Waals surface area (Å²) in [6, 6.07) is 10.1. The molecule has 0 bridgehead atoms. The van der Waals surface area contributed by atoms with E-state index in [1.165, 1.54) is 36.4 Å². The summed E-state index contributed by atoms with van der Waals surface area (Å²) in [5.41, 5.74) is 0.935. The Morgan fingerprint density at radius 1 is 0.900 bits per heavy atom. The van der Waals surface area contributed by atoms with E-state index in [0.717, 1.165) is 12.1 Å². The van der Waals surface area contributed by atoms with E-state index < -0.39 is 23.9 Å². The smallest absolute Gasteiger partial charge is 0.426 e. The molecule has 3 aromatic rings. The number of alkyl halides is 5. The van der Waals surface area contributed by atoms with Gasteiger partial charge >= 0.3 is 12.3 Å². The van der Waals surface area contributed by atoms with Gasteiger partial charge in [-0.05, 0) is 48.5 Å². The predicted molar refractivity (Wildman–Crippen MR) is 90.2 cm³/mol. The molecule has 1 amide bonds. The second-order valence-electron chi connectivity index (χ2n) is 5.65. The fourth-order valence-corrected chi connectivity index (χ4v) is 2.19. The zero-order valence-corrected chi connectivity index (χ0v) is 14.6. The van der Waals surface area contributed by atoms with E-state index in [2.05, 4.69) is 25.3 Å². The van der Waals surface area contributed by atoms with Gasteiger partial charge in [0.15, 0.2) is 0 Å². The highest BCUT2D eigenvalue weighted by molar-refractivity contribution is 5.94. The summed E-state index contributed by atoms with van der Waals surface area (Å²) in [5.74, 6) is 3.53. The van der Waals surface area contributed by atoms with Gasteiger partial charge in [0.1, 0.15) is 5.75 Å². The van der Waals surface area contributed by atoms with E-state index in [9.17, 15) is 26.7 Å². The summed E-state index contributed by atoms with van der Waals surface area (Å²) in [4.78, 5) is 11.5. The van der Waals surface area contributed by atoms with Crippen LogP contribution in [-0.4, -0.2) is 28.4 Å². The van der Waals surface area contributed by atoms with Crippen molar-refractivity contribution >= 4 is 5.91 Å². The number of amides is 1. The molecule has 0 saturated carbocycles. The number of carbonyl (C=O) groups excluding carboxylic acids is 1. The van der Waals surface area contributed by atoms with Gasteiger partial charge in [0.2, 0.25) is 11.8 Å². The molecule has 0 saturated heterocycles. The highest BCUT2D eigenvalue weighted by atomic mass is 19.4. The normalized spacial score (nSPS) is 12.3. The number of nitrogens with two attached hydrogens (primary N) is 1. The lowest BCUT2D eigenvalue weighted by Gasteiger charge is -2.20. The van der Waals surface area contributed by atoms with Gasteiger partial charge in [0.25, 0.3) is 5.91 Å². The second kappa shape index (κ2) is 7.85. The highest BCUT2D eigenvalue weighted by Gasteiger charge is 2.61. The molecule has 1 heterocycles. The van der Waals surface area contributed by atoms with Crippen LogP contribution in [0.15, 0.2) is 63.3 Å². The van der Waals surface area contributed by atoms with Crippen molar-refractivity contribution in [2.45, 2.75) is 12.3 Å². The van der Waals surface area contributed by atoms with Crippen LogP contribution in [0.4, 0.5) is 22.0 Å². The first-order chi connectivity index (χ1) is 14.1. The maximum absolute atomic E-state index is 12.9. The monoisotopic (exact) mass is 427 g/mol. The third-order valence-corrected chi connectivity index (χ3v) is 3.63. The van der Waals surface area contributed by atoms with Crippen LogP contribution in [0, 0.1) is 0 Å². The number of carbonyl (C=O) groups is 1. The van der Waals surface area contributed by atoms with Crippen LogP contribution in [0.25, 0.3) is 22.9 Å². The van der Waals surface area contributed by atoms with Gasteiger partial charge in [-0.2, -0.15) is 22.0 Å². The quantitative estimate of drug-likeness (QED) is 0.279. The van der Waals surface area contributed by atoms with E-state index in [1.54, 1.807) is 0 Å². The molecule has 13 heteroatoms. The fraction of sp³-hybridized carbons (Fsp3) is 0.118. The average molecular weight is 427 g/mol. The molecule has 0 fully saturated rings. The number of hydrogen-bond donors (Lipinski definition) is 1. The van der Waals surface area contributed by atoms with Gasteiger partial charge in [0, 0.05) is 16.7 Å². The third kappa shape index (κ3) is 4.39. The molecule has 0 aliphatic carbocycles. The number of benzene rings is 2. The molecule has 8 nitrogen and oxygen atoms in total. The second-order valence-corrected chi connectivity index (χ2v) is 5.65. The molecule has 0 spiro atoms. The van der Waals surface area contributed by atoms with Crippen molar-refractivity contribution in [3.63, 3.8) is 0 Å². The van der Waals surface area contributed by atoms with Gasteiger partial charge in [-0.15, -0.1) is 10.2 Å². The number of nitrogens with zero attached hydrogens (tertiary/aromatic N) is 4. The van der Waals surface area contributed by atoms with Crippen molar-refractivity contribution in [2.75, 3.05) is 0 Å². The lowest BCUT2D eigenvalue weighted by Crippen LogP contribution is -2.41. The van der Waals surface area contributed by atoms with E-state index in [4.69, 9.17) is 10.3 Å². The molecule has 0 aliphatic rings. The Balaban J connectivity index is 1.75. The van der Waals surface area contributed by atoms with Crippen molar-refractivity contribution in [2.24, 2.45) is 16.2 Å². The summed E-state index contributed by atoms with van der Waals surface area (Å²) < 4.78 is 71.6. The molecule has 156 valence electrons. The maximum Gasteiger partial charge on any atom is 0.499 e. The van der Waals surface area contributed by atoms with Crippen molar-refractivity contribution in [3.05, 3.63) is 54.1 Å². The number of halogens is 5. The highest BCUT2D eigenvalue weighted by Crippen LogP contribution is 2.37. The first-order valence-electron chi connectivity index (χ1n) is 7.94. The van der Waals surface area contributed by atoms with Crippen LogP contribution in [0.1, 0.15) is 10.4 Å². The minimum Gasteiger partial charge on any atom is -0.426 e. The molecule has 3 rings (SSSR count). The van der Waals surface area contributed by atoms with E-state index in [-0.39, 0.29) is 22.9 Å². The SMILES string of the molecule is NN=NC(=O)c1ccc(-c2nnc(-c3ccc(OC(F)(F)C(F)(F)F)cc3)o2)cc1. The molecule has 2 aromatic carbocycles. The molecule has 0 aliphatic heterocycles. The number of rotatable bonds is 5. The van der Waals surface area contributed by atoms with E-state index in [1.807, 2.05) is 0 Å². The molecule has 0 radical (unpaired) electrons. The van der Waals surface area contributed by atoms with Gasteiger partial charge in [-0.3, -0.25) is 4.79 Å². The summed E-state index contributed by atoms with van der Waals surface area (Å²) in [6.45, 7) is 0. The zero-order valence-electron chi connectivity index (χ0n) is 14.6. The van der Waals surface area contributed by atoms with Crippen molar-refractivity contribution < 1.29 is 35.9 Å². The Morgan fingerprint density at radius 2 is 1.40 bits per heavy atom. The summed E-state index contributed by atoms with van der Waals surface area (Å²) in [5, 5.41) is 13.7.